The molecule has 2 aliphatic rings. The van der Waals surface area contributed by atoms with Crippen molar-refractivity contribution in [2.45, 2.75) is 51.0 Å². The van der Waals surface area contributed by atoms with Crippen LogP contribution in [0.1, 0.15) is 55.6 Å². The lowest BCUT2D eigenvalue weighted by atomic mass is 9.97. The zero-order valence-electron chi connectivity index (χ0n) is 12.9. The molecule has 1 aromatic rings. The van der Waals surface area contributed by atoms with Crippen LogP contribution >= 0.6 is 0 Å². The summed E-state index contributed by atoms with van der Waals surface area (Å²) in [5, 5.41) is 3.09. The number of rotatable bonds is 4. The van der Waals surface area contributed by atoms with Gasteiger partial charge < -0.3 is 10.2 Å². The molecule has 0 radical (unpaired) electrons. The Balaban J connectivity index is 1.48. The molecule has 6 nitrogen and oxygen atoms in total. The van der Waals surface area contributed by atoms with Gasteiger partial charge in [-0.3, -0.25) is 9.59 Å². The number of carbonyl (C=O) groups is 3. The summed E-state index contributed by atoms with van der Waals surface area (Å²) in [5.74, 6) is -0.300. The Morgan fingerprint density at radius 2 is 1.70 bits per heavy atom. The zero-order valence-corrected chi connectivity index (χ0v) is 12.9. The molecule has 0 bridgehead atoms. The second-order valence-corrected chi connectivity index (χ2v) is 6.04. The number of benzene rings is 1. The lowest BCUT2D eigenvalue weighted by molar-refractivity contribution is -0.171. The van der Waals surface area contributed by atoms with Gasteiger partial charge in [0.1, 0.15) is 0 Å². The van der Waals surface area contributed by atoms with E-state index in [9.17, 15) is 14.4 Å². The summed E-state index contributed by atoms with van der Waals surface area (Å²) in [6, 6.07) is 8.18. The standard InChI is InChI=1S/C17H20N2O4/c20-15-9-10-16(21)19(15)23-17(22)18-11-12-5-7-14(8-6-12)13-3-1-2-4-13/h5-8,13H,1-4,9-11H2,(H,18,22). The molecule has 0 unspecified atom stereocenters. The fraction of sp³-hybridized carbons (Fsp3) is 0.471. The van der Waals surface area contributed by atoms with E-state index in [2.05, 4.69) is 17.4 Å². The third kappa shape index (κ3) is 3.70. The van der Waals surface area contributed by atoms with Gasteiger partial charge in [-0.1, -0.05) is 37.1 Å². The number of amides is 3. The molecule has 1 saturated heterocycles. The first-order chi connectivity index (χ1) is 11.1. The van der Waals surface area contributed by atoms with Crippen molar-refractivity contribution in [1.29, 1.82) is 0 Å². The van der Waals surface area contributed by atoms with Crippen LogP contribution < -0.4 is 5.32 Å². The van der Waals surface area contributed by atoms with Gasteiger partial charge in [0.15, 0.2) is 0 Å². The quantitative estimate of drug-likeness (QED) is 0.866. The molecule has 1 aliphatic carbocycles. The van der Waals surface area contributed by atoms with Crippen molar-refractivity contribution in [2.75, 3.05) is 0 Å². The molecule has 1 saturated carbocycles. The first kappa shape index (κ1) is 15.5. The molecule has 2 fully saturated rings. The van der Waals surface area contributed by atoms with Crippen LogP contribution in [0.4, 0.5) is 4.79 Å². The lowest BCUT2D eigenvalue weighted by Crippen LogP contribution is -2.36. The van der Waals surface area contributed by atoms with E-state index >= 15 is 0 Å². The van der Waals surface area contributed by atoms with E-state index in [1.165, 1.54) is 31.2 Å². The van der Waals surface area contributed by atoms with E-state index in [-0.39, 0.29) is 12.8 Å². The van der Waals surface area contributed by atoms with Gasteiger partial charge in [-0.25, -0.2) is 4.79 Å². The predicted molar refractivity (Wildman–Crippen MR) is 82.1 cm³/mol. The molecule has 3 amide bonds. The van der Waals surface area contributed by atoms with Crippen LogP contribution in [-0.4, -0.2) is 23.0 Å². The molecular formula is C17H20N2O4. The monoisotopic (exact) mass is 316 g/mol. The Morgan fingerprint density at radius 3 is 2.30 bits per heavy atom. The number of hydroxylamine groups is 2. The molecule has 1 heterocycles. The summed E-state index contributed by atoms with van der Waals surface area (Å²) in [7, 11) is 0. The Hall–Kier alpha value is -2.37. The third-order valence-electron chi connectivity index (χ3n) is 4.42. The Labute approximate surface area is 134 Å². The maximum Gasteiger partial charge on any atom is 0.432 e. The summed E-state index contributed by atoms with van der Waals surface area (Å²) >= 11 is 0. The normalized spacial score (nSPS) is 18.5. The smallest absolute Gasteiger partial charge is 0.316 e. The average Bonchev–Trinajstić information content (AvgIpc) is 3.19. The Bertz CT molecular complexity index is 590. The zero-order chi connectivity index (χ0) is 16.2. The molecule has 122 valence electrons. The predicted octanol–water partition coefficient (Wildman–Crippen LogP) is 2.63. The van der Waals surface area contributed by atoms with Crippen molar-refractivity contribution in [3.63, 3.8) is 0 Å². The maximum absolute atomic E-state index is 11.7. The van der Waals surface area contributed by atoms with Crippen molar-refractivity contribution in [3.05, 3.63) is 35.4 Å². The summed E-state index contributed by atoms with van der Waals surface area (Å²) in [6.45, 7) is 0.292. The fourth-order valence-electron chi connectivity index (χ4n) is 3.11. The SMILES string of the molecule is O=C(NCc1ccc(C2CCCC2)cc1)ON1C(=O)CCC1=O. The number of nitrogens with zero attached hydrogens (tertiary/aromatic N) is 1. The number of carbonyl (C=O) groups excluding carboxylic acids is 3. The van der Waals surface area contributed by atoms with Crippen molar-refractivity contribution >= 4 is 17.9 Å². The van der Waals surface area contributed by atoms with Gasteiger partial charge >= 0.3 is 6.09 Å². The van der Waals surface area contributed by atoms with Gasteiger partial charge in [-0.05, 0) is 29.9 Å². The first-order valence-corrected chi connectivity index (χ1v) is 8.04. The van der Waals surface area contributed by atoms with Crippen LogP contribution in [0.15, 0.2) is 24.3 Å². The van der Waals surface area contributed by atoms with Crippen LogP contribution in [-0.2, 0) is 21.0 Å². The first-order valence-electron chi connectivity index (χ1n) is 8.04. The van der Waals surface area contributed by atoms with Crippen LogP contribution in [0.3, 0.4) is 0 Å². The van der Waals surface area contributed by atoms with E-state index in [0.29, 0.717) is 17.5 Å². The Kier molecular flexibility index (Phi) is 4.60. The molecule has 1 N–H and O–H groups in total. The van der Waals surface area contributed by atoms with Crippen LogP contribution in [0.25, 0.3) is 0 Å². The van der Waals surface area contributed by atoms with Gasteiger partial charge in [0.2, 0.25) is 0 Å². The molecule has 3 rings (SSSR count). The van der Waals surface area contributed by atoms with Gasteiger partial charge in [0.05, 0.1) is 0 Å². The van der Waals surface area contributed by atoms with Crippen molar-refractivity contribution in [2.24, 2.45) is 0 Å². The molecular weight excluding hydrogens is 296 g/mol. The van der Waals surface area contributed by atoms with Gasteiger partial charge in [-0.2, -0.15) is 0 Å². The number of hydrogen-bond donors (Lipinski definition) is 1. The molecule has 1 aliphatic heterocycles. The lowest BCUT2D eigenvalue weighted by Gasteiger charge is -2.13. The molecule has 0 spiro atoms. The topological polar surface area (TPSA) is 75.7 Å². The summed E-state index contributed by atoms with van der Waals surface area (Å²) < 4.78 is 0. The van der Waals surface area contributed by atoms with Crippen molar-refractivity contribution < 1.29 is 19.2 Å². The van der Waals surface area contributed by atoms with E-state index in [4.69, 9.17) is 4.84 Å². The van der Waals surface area contributed by atoms with Gasteiger partial charge in [0, 0.05) is 19.4 Å². The Morgan fingerprint density at radius 1 is 1.09 bits per heavy atom. The highest BCUT2D eigenvalue weighted by atomic mass is 16.7. The summed E-state index contributed by atoms with van der Waals surface area (Å²) in [4.78, 5) is 39.1. The highest BCUT2D eigenvalue weighted by Crippen LogP contribution is 2.33. The highest BCUT2D eigenvalue weighted by Gasteiger charge is 2.32. The second-order valence-electron chi connectivity index (χ2n) is 6.04. The molecule has 23 heavy (non-hydrogen) atoms. The average molecular weight is 316 g/mol. The number of imide groups is 1. The number of hydrogen-bond acceptors (Lipinski definition) is 4. The minimum atomic E-state index is -0.798. The third-order valence-corrected chi connectivity index (χ3v) is 4.42. The molecule has 0 atom stereocenters. The van der Waals surface area contributed by atoms with Gasteiger partial charge in [0.25, 0.3) is 11.8 Å². The second kappa shape index (κ2) is 6.81. The van der Waals surface area contributed by atoms with E-state index < -0.39 is 17.9 Å². The number of nitrogens with one attached hydrogen (secondary N) is 1. The molecule has 0 aromatic heterocycles. The van der Waals surface area contributed by atoms with Crippen molar-refractivity contribution in [3.8, 4) is 0 Å². The summed E-state index contributed by atoms with van der Waals surface area (Å²) in [6.07, 6.45) is 4.49. The fourth-order valence-corrected chi connectivity index (χ4v) is 3.11. The maximum atomic E-state index is 11.7. The minimum absolute atomic E-state index is 0.0920. The largest absolute Gasteiger partial charge is 0.432 e. The van der Waals surface area contributed by atoms with Gasteiger partial charge in [-0.15, -0.1) is 5.06 Å². The molecule has 6 heteroatoms. The van der Waals surface area contributed by atoms with Crippen molar-refractivity contribution in [1.82, 2.24) is 10.4 Å². The van der Waals surface area contributed by atoms with Crippen LogP contribution in [0, 0.1) is 0 Å². The van der Waals surface area contributed by atoms with E-state index in [0.717, 1.165) is 5.56 Å². The van der Waals surface area contributed by atoms with E-state index in [1.807, 2.05) is 12.1 Å². The van der Waals surface area contributed by atoms with Crippen LogP contribution in [0.2, 0.25) is 0 Å². The van der Waals surface area contributed by atoms with Crippen LogP contribution in [0.5, 0.6) is 0 Å². The highest BCUT2D eigenvalue weighted by molar-refractivity contribution is 6.01. The minimum Gasteiger partial charge on any atom is -0.316 e. The van der Waals surface area contributed by atoms with E-state index in [1.54, 1.807) is 0 Å². The summed E-state index contributed by atoms with van der Waals surface area (Å²) in [5.41, 5.74) is 2.30. The molecule has 1 aromatic carbocycles.